The third-order valence-corrected chi connectivity index (χ3v) is 5.53. The molecule has 1 aromatic rings. The van der Waals surface area contributed by atoms with Gasteiger partial charge in [0.25, 0.3) is 0 Å². The Bertz CT molecular complexity index is 631. The number of aromatic carboxylic acids is 1. The van der Waals surface area contributed by atoms with E-state index in [2.05, 4.69) is 4.72 Å². The number of hydrogen-bond acceptors (Lipinski definition) is 3. The molecule has 0 heterocycles. The number of aryl methyl sites for hydroxylation is 2. The molecule has 0 aromatic heterocycles. The van der Waals surface area contributed by atoms with Crippen molar-refractivity contribution in [2.45, 2.75) is 44.8 Å². The van der Waals surface area contributed by atoms with Crippen molar-refractivity contribution < 1.29 is 18.3 Å². The highest BCUT2D eigenvalue weighted by molar-refractivity contribution is 7.93. The fourth-order valence-electron chi connectivity index (χ4n) is 2.70. The quantitative estimate of drug-likeness (QED) is 0.895. The Morgan fingerprint density at radius 2 is 1.85 bits per heavy atom. The molecule has 1 fully saturated rings. The van der Waals surface area contributed by atoms with E-state index in [1.165, 1.54) is 6.07 Å². The van der Waals surface area contributed by atoms with Gasteiger partial charge < -0.3 is 5.11 Å². The number of benzene rings is 1. The lowest BCUT2D eigenvalue weighted by Gasteiger charge is -2.17. The molecule has 1 aliphatic carbocycles. The summed E-state index contributed by atoms with van der Waals surface area (Å²) in [4.78, 5) is 11.3. The van der Waals surface area contributed by atoms with E-state index in [1.54, 1.807) is 19.9 Å². The van der Waals surface area contributed by atoms with Gasteiger partial charge in [0.2, 0.25) is 10.0 Å². The summed E-state index contributed by atoms with van der Waals surface area (Å²) in [7, 11) is -3.52. The molecule has 110 valence electrons. The Kier molecular flexibility index (Phi) is 4.04. The molecule has 20 heavy (non-hydrogen) atoms. The maximum Gasteiger partial charge on any atom is 0.337 e. The highest BCUT2D eigenvalue weighted by Gasteiger charge is 2.30. The van der Waals surface area contributed by atoms with E-state index < -0.39 is 21.2 Å². The van der Waals surface area contributed by atoms with Gasteiger partial charge in [-0.2, -0.15) is 0 Å². The molecule has 1 saturated carbocycles. The highest BCUT2D eigenvalue weighted by Crippen LogP contribution is 2.29. The van der Waals surface area contributed by atoms with E-state index in [4.69, 9.17) is 0 Å². The SMILES string of the molecule is Cc1cc(C)c(NS(=O)(=O)C2CCCC2)c(C(=O)O)c1. The molecule has 0 spiro atoms. The smallest absolute Gasteiger partial charge is 0.337 e. The van der Waals surface area contributed by atoms with Gasteiger partial charge in [0.05, 0.1) is 16.5 Å². The van der Waals surface area contributed by atoms with Gasteiger partial charge in [-0.1, -0.05) is 18.9 Å². The van der Waals surface area contributed by atoms with Gasteiger partial charge in [-0.15, -0.1) is 0 Å². The lowest BCUT2D eigenvalue weighted by molar-refractivity contribution is 0.0698. The van der Waals surface area contributed by atoms with Crippen molar-refractivity contribution in [3.8, 4) is 0 Å². The second-order valence-corrected chi connectivity index (χ2v) is 7.32. The monoisotopic (exact) mass is 297 g/mol. The Hall–Kier alpha value is -1.56. The summed E-state index contributed by atoms with van der Waals surface area (Å²) < 4.78 is 27.1. The van der Waals surface area contributed by atoms with Crippen LogP contribution < -0.4 is 4.72 Å². The number of carboxylic acids is 1. The zero-order valence-corrected chi connectivity index (χ0v) is 12.5. The van der Waals surface area contributed by atoms with Gasteiger partial charge >= 0.3 is 5.97 Å². The molecule has 0 saturated heterocycles. The average molecular weight is 297 g/mol. The van der Waals surface area contributed by atoms with Crippen molar-refractivity contribution in [1.82, 2.24) is 0 Å². The van der Waals surface area contributed by atoms with Gasteiger partial charge in [-0.25, -0.2) is 13.2 Å². The lowest BCUT2D eigenvalue weighted by Crippen LogP contribution is -2.26. The van der Waals surface area contributed by atoms with Crippen LogP contribution in [-0.2, 0) is 10.0 Å². The molecule has 2 N–H and O–H groups in total. The van der Waals surface area contributed by atoms with Gasteiger partial charge in [0.15, 0.2) is 0 Å². The maximum absolute atomic E-state index is 12.3. The minimum atomic E-state index is -3.52. The van der Waals surface area contributed by atoms with Gasteiger partial charge in [0.1, 0.15) is 0 Å². The van der Waals surface area contributed by atoms with Crippen molar-refractivity contribution in [3.63, 3.8) is 0 Å². The first-order chi connectivity index (χ1) is 9.31. The summed E-state index contributed by atoms with van der Waals surface area (Å²) in [5, 5.41) is 8.83. The van der Waals surface area contributed by atoms with Crippen LogP contribution in [0.2, 0.25) is 0 Å². The minimum absolute atomic E-state index is 0.00377. The van der Waals surface area contributed by atoms with Crippen LogP contribution in [0, 0.1) is 13.8 Å². The predicted octanol–water partition coefficient (Wildman–Crippen LogP) is 2.69. The summed E-state index contributed by atoms with van der Waals surface area (Å²) in [6.07, 6.45) is 3.10. The number of carboxylic acid groups (broad SMARTS) is 1. The maximum atomic E-state index is 12.3. The molecule has 0 amide bonds. The molecular formula is C14H19NO4S. The second-order valence-electron chi connectivity index (χ2n) is 5.36. The average Bonchev–Trinajstić information content (AvgIpc) is 2.86. The van der Waals surface area contributed by atoms with E-state index in [9.17, 15) is 18.3 Å². The van der Waals surface area contributed by atoms with E-state index in [0.717, 1.165) is 18.4 Å². The van der Waals surface area contributed by atoms with Crippen LogP contribution >= 0.6 is 0 Å². The van der Waals surface area contributed by atoms with Crippen molar-refractivity contribution >= 4 is 21.7 Å². The molecular weight excluding hydrogens is 278 g/mol. The number of hydrogen-bond donors (Lipinski definition) is 2. The van der Waals surface area contributed by atoms with Crippen molar-refractivity contribution in [1.29, 1.82) is 0 Å². The predicted molar refractivity (Wildman–Crippen MR) is 77.7 cm³/mol. The highest BCUT2D eigenvalue weighted by atomic mass is 32.2. The van der Waals surface area contributed by atoms with Gasteiger partial charge in [-0.05, 0) is 43.9 Å². The zero-order chi connectivity index (χ0) is 14.9. The third kappa shape index (κ3) is 2.95. The van der Waals surface area contributed by atoms with Crippen molar-refractivity contribution in [2.24, 2.45) is 0 Å². The Balaban J connectivity index is 2.40. The van der Waals surface area contributed by atoms with Crippen LogP contribution in [0.3, 0.4) is 0 Å². The largest absolute Gasteiger partial charge is 0.478 e. The first kappa shape index (κ1) is 14.8. The van der Waals surface area contributed by atoms with Crippen LogP contribution in [0.5, 0.6) is 0 Å². The van der Waals surface area contributed by atoms with Crippen LogP contribution in [-0.4, -0.2) is 24.7 Å². The Morgan fingerprint density at radius 3 is 2.40 bits per heavy atom. The fourth-order valence-corrected chi connectivity index (χ4v) is 4.37. The number of rotatable bonds is 4. The molecule has 2 rings (SSSR count). The van der Waals surface area contributed by atoms with Crippen molar-refractivity contribution in [2.75, 3.05) is 4.72 Å². The van der Waals surface area contributed by atoms with E-state index in [-0.39, 0.29) is 11.3 Å². The summed E-state index contributed by atoms with van der Waals surface area (Å²) in [6.45, 7) is 3.50. The number of anilines is 1. The van der Waals surface area contributed by atoms with Crippen LogP contribution in [0.25, 0.3) is 0 Å². The molecule has 0 atom stereocenters. The lowest BCUT2D eigenvalue weighted by atomic mass is 10.0. The Labute approximate surface area is 119 Å². The topological polar surface area (TPSA) is 83.5 Å². The number of carbonyl (C=O) groups is 1. The van der Waals surface area contributed by atoms with Crippen LogP contribution in [0.4, 0.5) is 5.69 Å². The van der Waals surface area contributed by atoms with Crippen LogP contribution in [0.1, 0.15) is 47.2 Å². The fraction of sp³-hybridized carbons (Fsp3) is 0.500. The third-order valence-electron chi connectivity index (χ3n) is 3.70. The first-order valence-electron chi connectivity index (χ1n) is 6.67. The molecule has 1 aliphatic rings. The number of nitrogens with one attached hydrogen (secondary N) is 1. The van der Waals surface area contributed by atoms with Crippen molar-refractivity contribution in [3.05, 3.63) is 28.8 Å². The molecule has 6 heteroatoms. The Morgan fingerprint density at radius 1 is 1.25 bits per heavy atom. The second kappa shape index (κ2) is 5.44. The summed E-state index contributed by atoms with van der Waals surface area (Å²) in [6, 6.07) is 3.26. The molecule has 1 aromatic carbocycles. The van der Waals surface area contributed by atoms with E-state index in [0.29, 0.717) is 18.4 Å². The molecule has 0 aliphatic heterocycles. The van der Waals surface area contributed by atoms with Gasteiger partial charge in [-0.3, -0.25) is 4.72 Å². The van der Waals surface area contributed by atoms with E-state index in [1.807, 2.05) is 0 Å². The molecule has 0 bridgehead atoms. The summed E-state index contributed by atoms with van der Waals surface area (Å²) in [5.41, 5.74) is 1.62. The zero-order valence-electron chi connectivity index (χ0n) is 11.6. The number of sulfonamides is 1. The van der Waals surface area contributed by atoms with Gasteiger partial charge in [0, 0.05) is 0 Å². The summed E-state index contributed by atoms with van der Waals surface area (Å²) in [5.74, 6) is -1.12. The standard InChI is InChI=1S/C14H19NO4S/c1-9-7-10(2)13(12(8-9)14(16)17)15-20(18,19)11-5-3-4-6-11/h7-8,11,15H,3-6H2,1-2H3,(H,16,17). The molecule has 0 radical (unpaired) electrons. The minimum Gasteiger partial charge on any atom is -0.478 e. The summed E-state index contributed by atoms with van der Waals surface area (Å²) >= 11 is 0. The normalized spacial score (nSPS) is 16.3. The van der Waals surface area contributed by atoms with Crippen LogP contribution in [0.15, 0.2) is 12.1 Å². The molecule has 0 unspecified atom stereocenters. The van der Waals surface area contributed by atoms with E-state index >= 15 is 0 Å². The first-order valence-corrected chi connectivity index (χ1v) is 8.22. The molecule has 5 nitrogen and oxygen atoms in total.